The van der Waals surface area contributed by atoms with Crippen molar-refractivity contribution < 1.29 is 4.79 Å². The second-order valence-electron chi connectivity index (χ2n) is 8.35. The Hall–Kier alpha value is -2.56. The number of nitrogens with one attached hydrogen (secondary N) is 1. The Kier molecular flexibility index (Phi) is 4.67. The van der Waals surface area contributed by atoms with Gasteiger partial charge in [-0.3, -0.25) is 4.68 Å². The minimum Gasteiger partial charge on any atom is -0.332 e. The highest BCUT2D eigenvalue weighted by Gasteiger charge is 2.39. The van der Waals surface area contributed by atoms with E-state index in [1.165, 1.54) is 36.8 Å². The lowest BCUT2D eigenvalue weighted by Gasteiger charge is -2.34. The van der Waals surface area contributed by atoms with Crippen LogP contribution < -0.4 is 5.32 Å². The van der Waals surface area contributed by atoms with Gasteiger partial charge in [0.25, 0.3) is 0 Å². The van der Waals surface area contributed by atoms with Gasteiger partial charge in [0.15, 0.2) is 0 Å². The summed E-state index contributed by atoms with van der Waals surface area (Å²) in [5.74, 6) is 0. The number of rotatable bonds is 4. The third-order valence-electron chi connectivity index (χ3n) is 6.56. The van der Waals surface area contributed by atoms with Crippen LogP contribution in [0, 0.1) is 0 Å². The van der Waals surface area contributed by atoms with Gasteiger partial charge in [0, 0.05) is 12.2 Å². The lowest BCUT2D eigenvalue weighted by atomic mass is 9.95. The molecular formula is C23H28N4O. The Balaban J connectivity index is 1.22. The summed E-state index contributed by atoms with van der Waals surface area (Å²) in [7, 11) is 0. The van der Waals surface area contributed by atoms with Gasteiger partial charge in [0.2, 0.25) is 0 Å². The maximum Gasteiger partial charge on any atom is 0.318 e. The molecule has 1 aromatic carbocycles. The number of benzene rings is 1. The van der Waals surface area contributed by atoms with Crippen LogP contribution in [0.25, 0.3) is 5.57 Å². The molecule has 3 aliphatic rings. The van der Waals surface area contributed by atoms with Crippen molar-refractivity contribution in [2.75, 3.05) is 0 Å². The molecule has 2 fully saturated rings. The minimum atomic E-state index is 0.0475. The Bertz CT molecular complexity index is 866. The highest BCUT2D eigenvalue weighted by molar-refractivity contribution is 5.78. The van der Waals surface area contributed by atoms with E-state index in [0.717, 1.165) is 25.0 Å². The van der Waals surface area contributed by atoms with Crippen molar-refractivity contribution >= 4 is 11.6 Å². The molecule has 5 heteroatoms. The molecule has 2 amide bonds. The van der Waals surface area contributed by atoms with E-state index in [1.54, 1.807) is 0 Å². The molecule has 0 spiro atoms. The zero-order chi connectivity index (χ0) is 18.9. The Morgan fingerprint density at radius 3 is 2.64 bits per heavy atom. The molecule has 1 N–H and O–H groups in total. The van der Waals surface area contributed by atoms with E-state index < -0.39 is 0 Å². The second kappa shape index (κ2) is 7.46. The number of hydrogen-bond acceptors (Lipinski definition) is 2. The summed E-state index contributed by atoms with van der Waals surface area (Å²) in [6.45, 7) is 0.504. The minimum absolute atomic E-state index is 0.0475. The van der Waals surface area contributed by atoms with E-state index in [9.17, 15) is 4.79 Å². The summed E-state index contributed by atoms with van der Waals surface area (Å²) < 4.78 is 2.09. The topological polar surface area (TPSA) is 50.2 Å². The molecule has 1 saturated carbocycles. The van der Waals surface area contributed by atoms with Crippen LogP contribution in [0.1, 0.15) is 62.2 Å². The fraction of sp³-hybridized carbons (Fsp3) is 0.478. The standard InChI is InChI=1S/C23H28N4O/c28-23(24-16-19-12-13-26(25-19)20-8-4-5-9-20)27-21-10-11-22(27)15-18(14-21)17-6-2-1-3-7-17/h1-3,6-7,12-14,20-22H,4-5,8-11,15-16H2,(H,24,28). The molecule has 28 heavy (non-hydrogen) atoms. The SMILES string of the molecule is O=C(NCc1ccn(C2CCCC2)n1)N1C2C=C(c3ccccc3)CC1CC2. The molecule has 5 nitrogen and oxygen atoms in total. The Labute approximate surface area is 166 Å². The van der Waals surface area contributed by atoms with Crippen LogP contribution in [0.15, 0.2) is 48.7 Å². The van der Waals surface area contributed by atoms with Crippen molar-refractivity contribution in [1.82, 2.24) is 20.0 Å². The maximum atomic E-state index is 12.9. The number of nitrogens with zero attached hydrogens (tertiary/aromatic N) is 3. The van der Waals surface area contributed by atoms with Gasteiger partial charge in [0.05, 0.1) is 24.3 Å². The first-order valence-corrected chi connectivity index (χ1v) is 10.6. The molecule has 1 aromatic heterocycles. The lowest BCUT2D eigenvalue weighted by molar-refractivity contribution is 0.179. The number of carbonyl (C=O) groups excluding carboxylic acids is 1. The predicted molar refractivity (Wildman–Crippen MR) is 110 cm³/mol. The molecule has 0 radical (unpaired) electrons. The highest BCUT2D eigenvalue weighted by atomic mass is 16.2. The quantitative estimate of drug-likeness (QED) is 0.852. The molecule has 2 aromatic rings. The van der Waals surface area contributed by atoms with E-state index in [1.807, 2.05) is 6.07 Å². The fourth-order valence-electron chi connectivity index (χ4n) is 5.11. The van der Waals surface area contributed by atoms with Crippen molar-refractivity contribution in [3.8, 4) is 0 Å². The number of aromatic nitrogens is 2. The van der Waals surface area contributed by atoms with E-state index in [-0.39, 0.29) is 12.1 Å². The van der Waals surface area contributed by atoms with Crippen LogP contribution in [-0.2, 0) is 6.54 Å². The van der Waals surface area contributed by atoms with Crippen LogP contribution in [0.4, 0.5) is 4.79 Å². The lowest BCUT2D eigenvalue weighted by Crippen LogP contribution is -2.48. The summed E-state index contributed by atoms with van der Waals surface area (Å²) in [6, 6.07) is 13.7. The Morgan fingerprint density at radius 2 is 1.86 bits per heavy atom. The smallest absolute Gasteiger partial charge is 0.318 e. The van der Waals surface area contributed by atoms with Gasteiger partial charge in [-0.2, -0.15) is 5.10 Å². The summed E-state index contributed by atoms with van der Waals surface area (Å²) in [4.78, 5) is 14.9. The van der Waals surface area contributed by atoms with E-state index in [2.05, 4.69) is 62.6 Å². The highest BCUT2D eigenvalue weighted by Crippen LogP contribution is 2.38. The average molecular weight is 377 g/mol. The van der Waals surface area contributed by atoms with Gasteiger partial charge < -0.3 is 10.2 Å². The largest absolute Gasteiger partial charge is 0.332 e. The Morgan fingerprint density at radius 1 is 1.04 bits per heavy atom. The molecule has 2 bridgehead atoms. The van der Waals surface area contributed by atoms with E-state index in [0.29, 0.717) is 18.6 Å². The zero-order valence-corrected chi connectivity index (χ0v) is 16.3. The zero-order valence-electron chi connectivity index (χ0n) is 16.3. The molecule has 5 rings (SSSR count). The number of hydrogen-bond donors (Lipinski definition) is 1. The third kappa shape index (κ3) is 3.34. The first-order chi connectivity index (χ1) is 13.8. The molecule has 3 heterocycles. The first-order valence-electron chi connectivity index (χ1n) is 10.6. The van der Waals surface area contributed by atoms with Crippen LogP contribution in [0.3, 0.4) is 0 Å². The van der Waals surface area contributed by atoms with Gasteiger partial charge in [0.1, 0.15) is 0 Å². The fourth-order valence-corrected chi connectivity index (χ4v) is 5.11. The second-order valence-corrected chi connectivity index (χ2v) is 8.35. The van der Waals surface area contributed by atoms with Gasteiger partial charge in [-0.05, 0) is 49.3 Å². The molecular weight excluding hydrogens is 348 g/mol. The molecule has 1 saturated heterocycles. The molecule has 2 aliphatic heterocycles. The molecule has 1 aliphatic carbocycles. The van der Waals surface area contributed by atoms with Gasteiger partial charge in [-0.1, -0.05) is 49.2 Å². The summed E-state index contributed by atoms with van der Waals surface area (Å²) >= 11 is 0. The van der Waals surface area contributed by atoms with Crippen LogP contribution in [0.5, 0.6) is 0 Å². The number of amides is 2. The summed E-state index contributed by atoms with van der Waals surface area (Å²) in [5, 5.41) is 7.80. The first kappa shape index (κ1) is 17.5. The van der Waals surface area contributed by atoms with E-state index in [4.69, 9.17) is 0 Å². The van der Waals surface area contributed by atoms with Crippen molar-refractivity contribution in [3.05, 3.63) is 59.9 Å². The monoisotopic (exact) mass is 376 g/mol. The normalized spacial score (nSPS) is 24.4. The van der Waals surface area contributed by atoms with Crippen molar-refractivity contribution in [3.63, 3.8) is 0 Å². The van der Waals surface area contributed by atoms with E-state index >= 15 is 0 Å². The average Bonchev–Trinajstić information content (AvgIpc) is 3.46. The van der Waals surface area contributed by atoms with Gasteiger partial charge >= 0.3 is 6.03 Å². The summed E-state index contributed by atoms with van der Waals surface area (Å²) in [5.41, 5.74) is 3.62. The van der Waals surface area contributed by atoms with Crippen LogP contribution in [0.2, 0.25) is 0 Å². The summed E-state index contributed by atoms with van der Waals surface area (Å²) in [6.07, 6.45) is 12.5. The molecule has 2 unspecified atom stereocenters. The van der Waals surface area contributed by atoms with Crippen molar-refractivity contribution in [2.24, 2.45) is 0 Å². The number of fused-ring (bicyclic) bond motifs is 2. The van der Waals surface area contributed by atoms with Gasteiger partial charge in [-0.15, -0.1) is 0 Å². The number of urea groups is 1. The number of carbonyl (C=O) groups is 1. The maximum absolute atomic E-state index is 12.9. The van der Waals surface area contributed by atoms with Gasteiger partial charge in [-0.25, -0.2) is 4.79 Å². The van der Waals surface area contributed by atoms with Crippen LogP contribution >= 0.6 is 0 Å². The third-order valence-corrected chi connectivity index (χ3v) is 6.56. The molecule has 146 valence electrons. The predicted octanol–water partition coefficient (Wildman–Crippen LogP) is 4.53. The molecule has 2 atom stereocenters. The van der Waals surface area contributed by atoms with Crippen molar-refractivity contribution in [2.45, 2.75) is 69.6 Å². The van der Waals surface area contributed by atoms with Crippen LogP contribution in [-0.4, -0.2) is 32.8 Å². The van der Waals surface area contributed by atoms with Crippen molar-refractivity contribution in [1.29, 1.82) is 0 Å².